The number of hydrogen-bond acceptors (Lipinski definition) is 9. The Kier molecular flexibility index (Phi) is 11.8. The van der Waals surface area contributed by atoms with Crippen molar-refractivity contribution < 1.29 is 44.2 Å². The fourth-order valence-corrected chi connectivity index (χ4v) is 1.32. The van der Waals surface area contributed by atoms with Crippen LogP contribution in [0.4, 0.5) is 0 Å². The minimum Gasteiger partial charge on any atom is -0.508 e. The van der Waals surface area contributed by atoms with E-state index in [4.69, 9.17) is 14.9 Å². The van der Waals surface area contributed by atoms with E-state index in [9.17, 15) is 19.8 Å². The van der Waals surface area contributed by atoms with Gasteiger partial charge in [-0.2, -0.15) is 0 Å². The number of aromatic hydroxyl groups is 2. The summed E-state index contributed by atoms with van der Waals surface area (Å²) in [6.07, 6.45) is -1.89. The van der Waals surface area contributed by atoms with Crippen LogP contribution in [0.3, 0.4) is 0 Å². The number of aliphatic hydroxyl groups excluding tert-OH is 2. The largest absolute Gasteiger partial charge is 0.508 e. The van der Waals surface area contributed by atoms with Gasteiger partial charge in [-0.1, -0.05) is 0 Å². The van der Waals surface area contributed by atoms with Crippen LogP contribution in [0.25, 0.3) is 0 Å². The molecule has 0 bridgehead atoms. The van der Waals surface area contributed by atoms with E-state index in [-0.39, 0.29) is 37.9 Å². The Hall–Kier alpha value is -2.36. The lowest BCUT2D eigenvalue weighted by Gasteiger charge is -2.14. The molecule has 0 aromatic heterocycles. The lowest BCUT2D eigenvalue weighted by molar-refractivity contribution is -0.146. The first-order valence-electron chi connectivity index (χ1n) is 7.39. The molecule has 0 saturated heterocycles. The molecule has 1 aromatic carbocycles. The molecule has 0 aliphatic rings. The van der Waals surface area contributed by atoms with Crippen molar-refractivity contribution >= 4 is 11.9 Å². The summed E-state index contributed by atoms with van der Waals surface area (Å²) in [4.78, 5) is 20.8. The summed E-state index contributed by atoms with van der Waals surface area (Å²) in [7, 11) is 0. The van der Waals surface area contributed by atoms with E-state index >= 15 is 0 Å². The highest BCUT2D eigenvalue weighted by atomic mass is 16.6. The van der Waals surface area contributed by atoms with Crippen LogP contribution in [0.15, 0.2) is 24.3 Å². The average Bonchev–Trinajstić information content (AvgIpc) is 2.54. The van der Waals surface area contributed by atoms with E-state index in [1.807, 2.05) is 0 Å². The number of carbonyl (C=O) groups excluding carboxylic acids is 2. The zero-order chi connectivity index (χ0) is 19.2. The summed E-state index contributed by atoms with van der Waals surface area (Å²) in [6, 6.07) is 5.70. The predicted molar refractivity (Wildman–Crippen MR) is 85.9 cm³/mol. The second kappa shape index (κ2) is 13.0. The number of hydrogen-bond donors (Lipinski definition) is 4. The number of carbonyl (C=O) groups is 2. The zero-order valence-corrected chi connectivity index (χ0v) is 14.1. The van der Waals surface area contributed by atoms with Crippen molar-refractivity contribution in [3.05, 3.63) is 24.3 Å². The van der Waals surface area contributed by atoms with Crippen molar-refractivity contribution in [1.29, 1.82) is 0 Å². The molecule has 0 aliphatic carbocycles. The maximum absolute atomic E-state index is 10.4. The second-order valence-electron chi connectivity index (χ2n) is 4.97. The van der Waals surface area contributed by atoms with Gasteiger partial charge in [-0.05, 0) is 24.3 Å². The van der Waals surface area contributed by atoms with Crippen molar-refractivity contribution in [3.8, 4) is 11.5 Å². The van der Waals surface area contributed by atoms with Crippen LogP contribution in [0.5, 0.6) is 11.5 Å². The average molecular weight is 360 g/mol. The van der Waals surface area contributed by atoms with Crippen LogP contribution in [0.2, 0.25) is 0 Å². The number of benzene rings is 1. The lowest BCUT2D eigenvalue weighted by Crippen LogP contribution is -2.28. The molecule has 1 rings (SSSR count). The SMILES string of the molecule is CC(=O)OCC(O)COCC(O)COC(C)=O.Oc1ccc(O)cc1. The van der Waals surface area contributed by atoms with E-state index in [0.717, 1.165) is 0 Å². The molecule has 0 amide bonds. The molecule has 0 radical (unpaired) electrons. The number of ether oxygens (including phenoxy) is 3. The Morgan fingerprint density at radius 1 is 0.800 bits per heavy atom. The molecule has 0 saturated carbocycles. The molecular weight excluding hydrogens is 336 g/mol. The van der Waals surface area contributed by atoms with Gasteiger partial charge in [-0.15, -0.1) is 0 Å². The van der Waals surface area contributed by atoms with E-state index < -0.39 is 24.1 Å². The first-order valence-corrected chi connectivity index (χ1v) is 7.39. The van der Waals surface area contributed by atoms with Crippen LogP contribution in [-0.4, -0.2) is 71.0 Å². The molecule has 25 heavy (non-hydrogen) atoms. The van der Waals surface area contributed by atoms with Crippen LogP contribution < -0.4 is 0 Å². The van der Waals surface area contributed by atoms with Gasteiger partial charge in [0.1, 0.15) is 36.9 Å². The summed E-state index contributed by atoms with van der Waals surface area (Å²) in [6.45, 7) is 1.99. The molecule has 4 N–H and O–H groups in total. The van der Waals surface area contributed by atoms with Gasteiger partial charge in [-0.3, -0.25) is 9.59 Å². The third kappa shape index (κ3) is 14.9. The molecule has 9 heteroatoms. The Morgan fingerprint density at radius 2 is 1.12 bits per heavy atom. The summed E-state index contributed by atoms with van der Waals surface area (Å²) in [5.41, 5.74) is 0. The van der Waals surface area contributed by atoms with Crippen LogP contribution in [-0.2, 0) is 23.8 Å². The maximum atomic E-state index is 10.4. The molecule has 9 nitrogen and oxygen atoms in total. The molecule has 0 spiro atoms. The maximum Gasteiger partial charge on any atom is 0.302 e. The Morgan fingerprint density at radius 3 is 1.40 bits per heavy atom. The molecule has 142 valence electrons. The van der Waals surface area contributed by atoms with Gasteiger partial charge in [0, 0.05) is 13.8 Å². The highest BCUT2D eigenvalue weighted by Crippen LogP contribution is 2.13. The van der Waals surface area contributed by atoms with E-state index in [1.54, 1.807) is 0 Å². The Balaban J connectivity index is 0.000000593. The van der Waals surface area contributed by atoms with Gasteiger partial charge in [-0.25, -0.2) is 0 Å². The summed E-state index contributed by atoms with van der Waals surface area (Å²) in [5.74, 6) is -0.636. The molecule has 2 atom stereocenters. The molecule has 0 heterocycles. The molecule has 0 aliphatic heterocycles. The van der Waals surface area contributed by atoms with Gasteiger partial charge in [0.2, 0.25) is 0 Å². The third-order valence-electron chi connectivity index (χ3n) is 2.43. The van der Waals surface area contributed by atoms with Crippen molar-refractivity contribution in [2.24, 2.45) is 0 Å². The monoisotopic (exact) mass is 360 g/mol. The number of aliphatic hydroxyl groups is 2. The standard InChI is InChI=1S/C10H18O7.C6H6O2/c1-7(11)16-5-9(13)3-15-4-10(14)6-17-8(2)12;7-5-1-2-6(8)4-3-5/h9-10,13-14H,3-6H2,1-2H3;1-4,7-8H. The van der Waals surface area contributed by atoms with Crippen molar-refractivity contribution in [2.45, 2.75) is 26.1 Å². The minimum atomic E-state index is -0.945. The zero-order valence-electron chi connectivity index (χ0n) is 14.1. The number of esters is 2. The van der Waals surface area contributed by atoms with Crippen LogP contribution >= 0.6 is 0 Å². The summed E-state index contributed by atoms with van der Waals surface area (Å²) in [5, 5.41) is 35.8. The number of phenols is 2. The van der Waals surface area contributed by atoms with Crippen molar-refractivity contribution in [1.82, 2.24) is 0 Å². The summed E-state index contributed by atoms with van der Waals surface area (Å²) >= 11 is 0. The predicted octanol–water partition coefficient (Wildman–Crippen LogP) is -0.0512. The molecular formula is C16H24O9. The quantitative estimate of drug-likeness (QED) is 0.370. The molecule has 2 unspecified atom stereocenters. The van der Waals surface area contributed by atoms with Gasteiger partial charge < -0.3 is 34.6 Å². The van der Waals surface area contributed by atoms with Gasteiger partial charge >= 0.3 is 11.9 Å². The van der Waals surface area contributed by atoms with Gasteiger partial charge in [0.25, 0.3) is 0 Å². The van der Waals surface area contributed by atoms with Crippen LogP contribution in [0.1, 0.15) is 13.8 Å². The second-order valence-corrected chi connectivity index (χ2v) is 4.97. The number of phenolic OH excluding ortho intramolecular Hbond substituents is 2. The summed E-state index contributed by atoms with van der Waals surface area (Å²) < 4.78 is 14.0. The topological polar surface area (TPSA) is 143 Å². The van der Waals surface area contributed by atoms with Crippen molar-refractivity contribution in [3.63, 3.8) is 0 Å². The Bertz CT molecular complexity index is 456. The molecule has 0 fully saturated rings. The molecule has 1 aromatic rings. The van der Waals surface area contributed by atoms with Crippen LogP contribution in [0, 0.1) is 0 Å². The van der Waals surface area contributed by atoms with Gasteiger partial charge in [0.15, 0.2) is 0 Å². The number of rotatable bonds is 8. The van der Waals surface area contributed by atoms with E-state index in [0.29, 0.717) is 0 Å². The normalized spacial score (nSPS) is 12.3. The van der Waals surface area contributed by atoms with E-state index in [1.165, 1.54) is 38.1 Å². The fourth-order valence-electron chi connectivity index (χ4n) is 1.32. The third-order valence-corrected chi connectivity index (χ3v) is 2.43. The first-order chi connectivity index (χ1) is 11.7. The van der Waals surface area contributed by atoms with Crippen molar-refractivity contribution in [2.75, 3.05) is 26.4 Å². The van der Waals surface area contributed by atoms with Gasteiger partial charge in [0.05, 0.1) is 13.2 Å². The minimum absolute atomic E-state index is 0.0790. The highest BCUT2D eigenvalue weighted by Gasteiger charge is 2.10. The lowest BCUT2D eigenvalue weighted by atomic mass is 10.3. The highest BCUT2D eigenvalue weighted by molar-refractivity contribution is 5.66. The Labute approximate surface area is 145 Å². The first kappa shape index (κ1) is 22.6. The fraction of sp³-hybridized carbons (Fsp3) is 0.500. The van der Waals surface area contributed by atoms with E-state index in [2.05, 4.69) is 9.47 Å². The smallest absolute Gasteiger partial charge is 0.302 e.